The van der Waals surface area contributed by atoms with Crippen LogP contribution in [0.3, 0.4) is 0 Å². The standard InChI is InChI=1S/C30H44O3/c1-18-21(27(2,3)4)22(28(5,6)7)23(29(8,9)10)24(30(11,12)13)25(18)33-26(32)19-14-16-20(31)17-15-19/h14-17,31H,1-13H3. The van der Waals surface area contributed by atoms with Gasteiger partial charge in [-0.2, -0.15) is 0 Å². The third kappa shape index (κ3) is 5.62. The van der Waals surface area contributed by atoms with E-state index in [0.29, 0.717) is 11.3 Å². The minimum absolute atomic E-state index is 0.0878. The largest absolute Gasteiger partial charge is 0.508 e. The number of ether oxygens (including phenoxy) is 1. The third-order valence-corrected chi connectivity index (χ3v) is 5.99. The van der Waals surface area contributed by atoms with E-state index >= 15 is 0 Å². The van der Waals surface area contributed by atoms with Crippen LogP contribution in [-0.2, 0) is 21.7 Å². The molecule has 33 heavy (non-hydrogen) atoms. The Labute approximate surface area is 201 Å². The van der Waals surface area contributed by atoms with Crippen molar-refractivity contribution < 1.29 is 14.6 Å². The van der Waals surface area contributed by atoms with Crippen LogP contribution in [0.2, 0.25) is 0 Å². The molecule has 0 unspecified atom stereocenters. The van der Waals surface area contributed by atoms with E-state index in [4.69, 9.17) is 4.74 Å². The van der Waals surface area contributed by atoms with Gasteiger partial charge in [0.2, 0.25) is 0 Å². The first-order valence-corrected chi connectivity index (χ1v) is 11.9. The van der Waals surface area contributed by atoms with Gasteiger partial charge in [0, 0.05) is 5.56 Å². The molecule has 0 heterocycles. The number of phenolic OH excluding ortho intramolecular Hbond substituents is 1. The Hall–Kier alpha value is -2.29. The average Bonchev–Trinajstić information content (AvgIpc) is 2.59. The van der Waals surface area contributed by atoms with Crippen molar-refractivity contribution in [3.05, 3.63) is 57.6 Å². The van der Waals surface area contributed by atoms with Crippen molar-refractivity contribution in [3.8, 4) is 11.5 Å². The molecule has 0 aliphatic rings. The van der Waals surface area contributed by atoms with Crippen LogP contribution in [0.4, 0.5) is 0 Å². The maximum Gasteiger partial charge on any atom is 0.343 e. The fraction of sp³-hybridized carbons (Fsp3) is 0.567. The van der Waals surface area contributed by atoms with Crippen LogP contribution in [0.5, 0.6) is 11.5 Å². The summed E-state index contributed by atoms with van der Waals surface area (Å²) in [5.74, 6) is 0.382. The van der Waals surface area contributed by atoms with Crippen molar-refractivity contribution in [2.24, 2.45) is 0 Å². The van der Waals surface area contributed by atoms with Gasteiger partial charge in [0.05, 0.1) is 5.56 Å². The van der Waals surface area contributed by atoms with E-state index in [9.17, 15) is 9.90 Å². The zero-order chi connectivity index (χ0) is 25.7. The number of benzene rings is 2. The summed E-state index contributed by atoms with van der Waals surface area (Å²) in [5, 5.41) is 9.63. The lowest BCUT2D eigenvalue weighted by Gasteiger charge is -2.42. The Balaban J connectivity index is 3.06. The Bertz CT molecular complexity index is 1030. The molecule has 0 fully saturated rings. The molecule has 2 rings (SSSR count). The molecule has 0 amide bonds. The summed E-state index contributed by atoms with van der Waals surface area (Å²) in [5.41, 5.74) is 5.80. The molecule has 0 aliphatic carbocycles. The van der Waals surface area contributed by atoms with E-state index in [1.807, 2.05) is 0 Å². The van der Waals surface area contributed by atoms with E-state index in [1.165, 1.54) is 28.8 Å². The molecule has 1 N–H and O–H groups in total. The molecule has 0 aromatic heterocycles. The predicted octanol–water partition coefficient (Wildman–Crippen LogP) is 8.11. The number of esters is 1. The molecule has 0 atom stereocenters. The fourth-order valence-corrected chi connectivity index (χ4v) is 4.88. The van der Waals surface area contributed by atoms with Crippen LogP contribution >= 0.6 is 0 Å². The highest BCUT2D eigenvalue weighted by atomic mass is 16.5. The number of phenols is 1. The second-order valence-electron chi connectivity index (χ2n) is 13.4. The monoisotopic (exact) mass is 452 g/mol. The smallest absolute Gasteiger partial charge is 0.343 e. The molecule has 0 radical (unpaired) electrons. The molecule has 2 aromatic carbocycles. The van der Waals surface area contributed by atoms with Crippen LogP contribution in [0.15, 0.2) is 24.3 Å². The highest BCUT2D eigenvalue weighted by molar-refractivity contribution is 5.91. The number of hydrogen-bond acceptors (Lipinski definition) is 3. The van der Waals surface area contributed by atoms with Crippen molar-refractivity contribution in [3.63, 3.8) is 0 Å². The average molecular weight is 453 g/mol. The lowest BCUT2D eigenvalue weighted by Crippen LogP contribution is -2.34. The molecule has 0 saturated heterocycles. The quantitative estimate of drug-likeness (QED) is 0.370. The first-order valence-electron chi connectivity index (χ1n) is 11.9. The minimum Gasteiger partial charge on any atom is -0.508 e. The lowest BCUT2D eigenvalue weighted by molar-refractivity contribution is 0.0729. The highest BCUT2D eigenvalue weighted by Gasteiger charge is 2.40. The van der Waals surface area contributed by atoms with E-state index in [2.05, 4.69) is 90.0 Å². The number of hydrogen-bond donors (Lipinski definition) is 1. The van der Waals surface area contributed by atoms with Crippen LogP contribution in [0.25, 0.3) is 0 Å². The predicted molar refractivity (Wildman–Crippen MR) is 139 cm³/mol. The van der Waals surface area contributed by atoms with Crippen molar-refractivity contribution >= 4 is 5.97 Å². The number of aromatic hydroxyl groups is 1. The van der Waals surface area contributed by atoms with Gasteiger partial charge >= 0.3 is 5.97 Å². The minimum atomic E-state index is -0.410. The summed E-state index contributed by atoms with van der Waals surface area (Å²) < 4.78 is 6.25. The highest BCUT2D eigenvalue weighted by Crippen LogP contribution is 2.51. The first kappa shape index (κ1) is 27.0. The van der Waals surface area contributed by atoms with E-state index in [0.717, 1.165) is 11.1 Å². The first-order chi connectivity index (χ1) is 14.7. The van der Waals surface area contributed by atoms with Crippen molar-refractivity contribution in [2.45, 2.75) is 112 Å². The maximum atomic E-state index is 13.3. The van der Waals surface area contributed by atoms with Gasteiger partial charge in [-0.05, 0) is 75.1 Å². The second-order valence-corrected chi connectivity index (χ2v) is 13.4. The molecule has 182 valence electrons. The summed E-state index contributed by atoms with van der Waals surface area (Å²) in [6.45, 7) is 29.0. The van der Waals surface area contributed by atoms with Crippen LogP contribution in [0, 0.1) is 6.92 Å². The topological polar surface area (TPSA) is 46.5 Å². The zero-order valence-corrected chi connectivity index (χ0v) is 23.1. The number of carbonyl (C=O) groups excluding carboxylic acids is 1. The van der Waals surface area contributed by atoms with Gasteiger partial charge in [-0.1, -0.05) is 83.1 Å². The normalized spacial score (nSPS) is 13.2. The molecule has 3 heteroatoms. The van der Waals surface area contributed by atoms with E-state index in [-0.39, 0.29) is 27.4 Å². The Morgan fingerprint density at radius 1 is 0.636 bits per heavy atom. The second kappa shape index (κ2) is 8.49. The molecule has 0 bridgehead atoms. The fourth-order valence-electron chi connectivity index (χ4n) is 4.88. The Kier molecular flexibility index (Phi) is 6.93. The number of rotatable bonds is 2. The van der Waals surface area contributed by atoms with Gasteiger partial charge in [-0.15, -0.1) is 0 Å². The van der Waals surface area contributed by atoms with Gasteiger partial charge in [-0.3, -0.25) is 0 Å². The summed E-state index contributed by atoms with van der Waals surface area (Å²) >= 11 is 0. The Morgan fingerprint density at radius 3 is 1.36 bits per heavy atom. The summed E-state index contributed by atoms with van der Waals surface area (Å²) in [4.78, 5) is 13.3. The molecule has 3 nitrogen and oxygen atoms in total. The van der Waals surface area contributed by atoms with E-state index < -0.39 is 5.97 Å². The van der Waals surface area contributed by atoms with Gasteiger partial charge in [0.25, 0.3) is 0 Å². The molecule has 0 aliphatic heterocycles. The van der Waals surface area contributed by atoms with Gasteiger partial charge < -0.3 is 9.84 Å². The van der Waals surface area contributed by atoms with Crippen LogP contribution in [0.1, 0.15) is 121 Å². The van der Waals surface area contributed by atoms with Crippen LogP contribution < -0.4 is 4.74 Å². The molecule has 0 saturated carbocycles. The Morgan fingerprint density at radius 2 is 1.00 bits per heavy atom. The van der Waals surface area contributed by atoms with Crippen molar-refractivity contribution in [1.29, 1.82) is 0 Å². The molecule has 2 aromatic rings. The molecule has 0 spiro atoms. The van der Waals surface area contributed by atoms with Gasteiger partial charge in [0.1, 0.15) is 11.5 Å². The summed E-state index contributed by atoms with van der Waals surface area (Å²) in [7, 11) is 0. The number of carbonyl (C=O) groups is 1. The van der Waals surface area contributed by atoms with Crippen molar-refractivity contribution in [1.82, 2.24) is 0 Å². The van der Waals surface area contributed by atoms with E-state index in [1.54, 1.807) is 12.1 Å². The van der Waals surface area contributed by atoms with Crippen molar-refractivity contribution in [2.75, 3.05) is 0 Å². The summed E-state index contributed by atoms with van der Waals surface area (Å²) in [6, 6.07) is 6.22. The lowest BCUT2D eigenvalue weighted by atomic mass is 9.63. The molecular formula is C30H44O3. The van der Waals surface area contributed by atoms with Gasteiger partial charge in [-0.25, -0.2) is 4.79 Å². The zero-order valence-electron chi connectivity index (χ0n) is 23.1. The SMILES string of the molecule is Cc1c(OC(=O)c2ccc(O)cc2)c(C(C)(C)C)c(C(C)(C)C)c(C(C)(C)C)c1C(C)(C)C. The molecular weight excluding hydrogens is 408 g/mol. The maximum absolute atomic E-state index is 13.3. The summed E-state index contributed by atoms with van der Waals surface area (Å²) in [6.07, 6.45) is 0. The third-order valence-electron chi connectivity index (χ3n) is 5.99. The van der Waals surface area contributed by atoms with Crippen LogP contribution in [-0.4, -0.2) is 11.1 Å². The van der Waals surface area contributed by atoms with Gasteiger partial charge in [0.15, 0.2) is 0 Å².